The highest BCUT2D eigenvalue weighted by Gasteiger charge is 2.16. The highest BCUT2D eigenvalue weighted by atomic mass is 16.5. The van der Waals surface area contributed by atoms with Crippen LogP contribution in [0.2, 0.25) is 0 Å². The van der Waals surface area contributed by atoms with Crippen molar-refractivity contribution >= 4 is 35.1 Å². The summed E-state index contributed by atoms with van der Waals surface area (Å²) in [6.45, 7) is 1.85. The first-order chi connectivity index (χ1) is 12.5. The van der Waals surface area contributed by atoms with Gasteiger partial charge in [-0.05, 0) is 18.6 Å². The Bertz CT molecular complexity index is 808. The summed E-state index contributed by atoms with van der Waals surface area (Å²) in [5, 5.41) is 10.5. The van der Waals surface area contributed by atoms with Crippen LogP contribution in [0.3, 0.4) is 0 Å². The Morgan fingerprint density at radius 3 is 2.62 bits per heavy atom. The van der Waals surface area contributed by atoms with Crippen LogP contribution in [0, 0.1) is 0 Å². The Hall–Kier alpha value is -3.49. The number of azo groups is 1. The Balaban J connectivity index is 2.37. The number of rotatable bonds is 6. The van der Waals surface area contributed by atoms with Gasteiger partial charge in [-0.3, -0.25) is 10.1 Å². The standard InChI is InChI=1S/C17H19N5O4/c1-3-7-14(23)26-13-10-12(22-21-11-8-5-4-6-9-11)16(19-15(13)18)20-17(24)25-2/h4-6,8-10H,3,7H2,1-2H3,(H3,18,19,20,24)/b22-21+. The third-order valence-corrected chi connectivity index (χ3v) is 3.11. The van der Waals surface area contributed by atoms with Crippen LogP contribution in [0.4, 0.5) is 27.8 Å². The average Bonchev–Trinajstić information content (AvgIpc) is 2.63. The van der Waals surface area contributed by atoms with E-state index in [2.05, 4.69) is 25.3 Å². The summed E-state index contributed by atoms with van der Waals surface area (Å²) in [7, 11) is 1.21. The molecule has 1 heterocycles. The van der Waals surface area contributed by atoms with Gasteiger partial charge in [0.1, 0.15) is 5.69 Å². The van der Waals surface area contributed by atoms with Gasteiger partial charge in [0.15, 0.2) is 17.4 Å². The smallest absolute Gasteiger partial charge is 0.412 e. The van der Waals surface area contributed by atoms with E-state index in [9.17, 15) is 9.59 Å². The van der Waals surface area contributed by atoms with Crippen molar-refractivity contribution in [3.8, 4) is 5.75 Å². The van der Waals surface area contributed by atoms with Crippen LogP contribution >= 0.6 is 0 Å². The van der Waals surface area contributed by atoms with Crippen molar-refractivity contribution in [3.63, 3.8) is 0 Å². The SMILES string of the molecule is CCCC(=O)Oc1cc(/N=N/c2ccccc2)c(NC(=O)OC)nc1N. The molecular weight excluding hydrogens is 338 g/mol. The second-order valence-corrected chi connectivity index (χ2v) is 5.12. The van der Waals surface area contributed by atoms with Crippen molar-refractivity contribution in [3.05, 3.63) is 36.4 Å². The highest BCUT2D eigenvalue weighted by Crippen LogP contribution is 2.33. The van der Waals surface area contributed by atoms with Gasteiger partial charge in [-0.2, -0.15) is 5.11 Å². The molecule has 136 valence electrons. The van der Waals surface area contributed by atoms with E-state index in [1.807, 2.05) is 13.0 Å². The van der Waals surface area contributed by atoms with Crippen LogP contribution in [0.15, 0.2) is 46.6 Å². The molecular formula is C17H19N5O4. The normalized spacial score (nSPS) is 10.5. The number of hydrogen-bond donors (Lipinski definition) is 2. The van der Waals surface area contributed by atoms with Gasteiger partial charge in [0.05, 0.1) is 12.8 Å². The number of esters is 1. The number of anilines is 2. The maximum Gasteiger partial charge on any atom is 0.412 e. The van der Waals surface area contributed by atoms with Gasteiger partial charge >= 0.3 is 12.1 Å². The quantitative estimate of drug-likeness (QED) is 0.594. The molecule has 0 aliphatic heterocycles. The number of nitrogens with one attached hydrogen (secondary N) is 1. The van der Waals surface area contributed by atoms with Crippen molar-refractivity contribution in [1.82, 2.24) is 4.98 Å². The van der Waals surface area contributed by atoms with Crippen LogP contribution in [-0.4, -0.2) is 24.2 Å². The molecule has 0 saturated heterocycles. The van der Waals surface area contributed by atoms with Gasteiger partial charge in [0.25, 0.3) is 0 Å². The minimum Gasteiger partial charge on any atom is -0.453 e. The number of methoxy groups -OCH3 is 1. The molecule has 26 heavy (non-hydrogen) atoms. The van der Waals surface area contributed by atoms with Gasteiger partial charge in [-0.15, -0.1) is 5.11 Å². The molecule has 0 aliphatic carbocycles. The molecule has 0 atom stereocenters. The summed E-state index contributed by atoms with van der Waals surface area (Å²) in [6, 6.07) is 10.4. The number of nitrogens with zero attached hydrogens (tertiary/aromatic N) is 3. The van der Waals surface area contributed by atoms with Gasteiger partial charge in [0.2, 0.25) is 0 Å². The lowest BCUT2D eigenvalue weighted by Gasteiger charge is -2.11. The molecule has 0 spiro atoms. The maximum absolute atomic E-state index is 11.7. The molecule has 1 amide bonds. The number of nitrogens with two attached hydrogens (primary N) is 1. The number of aromatic nitrogens is 1. The summed E-state index contributed by atoms with van der Waals surface area (Å²) >= 11 is 0. The molecule has 1 aromatic heterocycles. The summed E-state index contributed by atoms with van der Waals surface area (Å²) < 4.78 is 9.74. The van der Waals surface area contributed by atoms with Crippen molar-refractivity contribution < 1.29 is 19.1 Å². The van der Waals surface area contributed by atoms with E-state index in [1.54, 1.807) is 24.3 Å². The first-order valence-corrected chi connectivity index (χ1v) is 7.86. The van der Waals surface area contributed by atoms with Crippen LogP contribution < -0.4 is 15.8 Å². The number of carbonyl (C=O) groups is 2. The first kappa shape index (κ1) is 18.8. The van der Waals surface area contributed by atoms with E-state index in [1.165, 1.54) is 13.2 Å². The van der Waals surface area contributed by atoms with Gasteiger partial charge < -0.3 is 15.2 Å². The lowest BCUT2D eigenvalue weighted by molar-refractivity contribution is -0.134. The minimum absolute atomic E-state index is 0.0318. The molecule has 0 radical (unpaired) electrons. The zero-order chi connectivity index (χ0) is 18.9. The summed E-state index contributed by atoms with van der Waals surface area (Å²) in [5.41, 5.74) is 6.56. The van der Waals surface area contributed by atoms with Crippen LogP contribution in [0.5, 0.6) is 5.75 Å². The van der Waals surface area contributed by atoms with E-state index in [4.69, 9.17) is 10.5 Å². The largest absolute Gasteiger partial charge is 0.453 e. The topological polar surface area (TPSA) is 128 Å². The predicted octanol–water partition coefficient (Wildman–Crippen LogP) is 3.96. The number of nitrogen functional groups attached to an aromatic ring is 1. The number of pyridine rings is 1. The summed E-state index contributed by atoms with van der Waals surface area (Å²) in [6.07, 6.45) is 0.126. The van der Waals surface area contributed by atoms with Crippen molar-refractivity contribution in [1.29, 1.82) is 0 Å². The van der Waals surface area contributed by atoms with E-state index < -0.39 is 12.1 Å². The lowest BCUT2D eigenvalue weighted by Crippen LogP contribution is -2.14. The van der Waals surface area contributed by atoms with Crippen LogP contribution in [-0.2, 0) is 9.53 Å². The summed E-state index contributed by atoms with van der Waals surface area (Å²) in [5.74, 6) is -0.439. The maximum atomic E-state index is 11.7. The number of benzene rings is 1. The molecule has 1 aromatic carbocycles. The molecule has 0 bridgehead atoms. The van der Waals surface area contributed by atoms with Crippen LogP contribution in [0.1, 0.15) is 19.8 Å². The Morgan fingerprint density at radius 1 is 1.23 bits per heavy atom. The molecule has 0 fully saturated rings. The van der Waals surface area contributed by atoms with Crippen LogP contribution in [0.25, 0.3) is 0 Å². The molecule has 9 nitrogen and oxygen atoms in total. The Morgan fingerprint density at radius 2 is 1.96 bits per heavy atom. The molecule has 0 unspecified atom stereocenters. The molecule has 3 N–H and O–H groups in total. The molecule has 2 rings (SSSR count). The average molecular weight is 357 g/mol. The molecule has 9 heteroatoms. The zero-order valence-corrected chi connectivity index (χ0v) is 14.4. The van der Waals surface area contributed by atoms with Gasteiger partial charge in [-0.25, -0.2) is 9.78 Å². The van der Waals surface area contributed by atoms with Crippen molar-refractivity contribution in [2.75, 3.05) is 18.2 Å². The zero-order valence-electron chi connectivity index (χ0n) is 14.4. The lowest BCUT2D eigenvalue weighted by atomic mass is 10.3. The van der Waals surface area contributed by atoms with E-state index in [-0.39, 0.29) is 29.5 Å². The van der Waals surface area contributed by atoms with Gasteiger partial charge in [0, 0.05) is 12.5 Å². The van der Waals surface area contributed by atoms with Crippen molar-refractivity contribution in [2.45, 2.75) is 19.8 Å². The number of hydrogen-bond acceptors (Lipinski definition) is 8. The third kappa shape index (κ3) is 5.26. The van der Waals surface area contributed by atoms with E-state index >= 15 is 0 Å². The molecule has 2 aromatic rings. The van der Waals surface area contributed by atoms with Crippen molar-refractivity contribution in [2.24, 2.45) is 10.2 Å². The third-order valence-electron chi connectivity index (χ3n) is 3.11. The second kappa shape index (κ2) is 9.11. The summed E-state index contributed by atoms with van der Waals surface area (Å²) in [4.78, 5) is 27.2. The number of ether oxygens (including phenoxy) is 2. The Kier molecular flexibility index (Phi) is 6.60. The number of amides is 1. The monoisotopic (exact) mass is 357 g/mol. The first-order valence-electron chi connectivity index (χ1n) is 7.86. The fourth-order valence-electron chi connectivity index (χ4n) is 1.88. The Labute approximate surface area is 150 Å². The fraction of sp³-hybridized carbons (Fsp3) is 0.235. The minimum atomic E-state index is -0.746. The van der Waals surface area contributed by atoms with E-state index in [0.717, 1.165) is 0 Å². The molecule has 0 saturated carbocycles. The van der Waals surface area contributed by atoms with Gasteiger partial charge in [-0.1, -0.05) is 25.1 Å². The number of carbonyl (C=O) groups excluding carboxylic acids is 2. The predicted molar refractivity (Wildman–Crippen MR) is 95.8 cm³/mol. The second-order valence-electron chi connectivity index (χ2n) is 5.12. The fourth-order valence-corrected chi connectivity index (χ4v) is 1.88. The highest BCUT2D eigenvalue weighted by molar-refractivity contribution is 5.88. The van der Waals surface area contributed by atoms with E-state index in [0.29, 0.717) is 12.1 Å². The molecule has 0 aliphatic rings.